The number of nitrogen functional groups attached to an aromatic ring is 1. The van der Waals surface area contributed by atoms with Crippen molar-refractivity contribution in [3.05, 3.63) is 78.6 Å². The number of likely N-dealkylation sites (N-methyl/N-ethyl adjacent to an activating group) is 2. The number of nitrogens with one attached hydrogen (secondary N) is 1. The van der Waals surface area contributed by atoms with Crippen molar-refractivity contribution < 1.29 is 18.9 Å². The van der Waals surface area contributed by atoms with Gasteiger partial charge in [-0.1, -0.05) is 0 Å². The van der Waals surface area contributed by atoms with Crippen LogP contribution >= 0.6 is 11.6 Å². The molecule has 0 saturated carbocycles. The number of pyridine rings is 2. The fourth-order valence-corrected chi connectivity index (χ4v) is 5.70. The van der Waals surface area contributed by atoms with E-state index in [-0.39, 0.29) is 16.4 Å². The van der Waals surface area contributed by atoms with Crippen LogP contribution in [0.2, 0.25) is 5.28 Å². The van der Waals surface area contributed by atoms with Gasteiger partial charge in [-0.2, -0.15) is 9.97 Å². The molecule has 57 heavy (non-hydrogen) atoms. The molecule has 0 atom stereocenters. The van der Waals surface area contributed by atoms with Crippen molar-refractivity contribution in [1.82, 2.24) is 49.0 Å². The average molecular weight is 799 g/mol. The first-order valence-corrected chi connectivity index (χ1v) is 18.2. The Bertz CT molecular complexity index is 2350. The Morgan fingerprint density at radius 2 is 1.19 bits per heavy atom. The highest BCUT2D eigenvalue weighted by Gasteiger charge is 2.34. The molecule has 2 aliphatic rings. The van der Waals surface area contributed by atoms with E-state index >= 15 is 0 Å². The van der Waals surface area contributed by atoms with E-state index in [1.54, 1.807) is 62.3 Å². The van der Waals surface area contributed by atoms with Crippen molar-refractivity contribution in [1.29, 1.82) is 0 Å². The van der Waals surface area contributed by atoms with Crippen LogP contribution in [0.3, 0.4) is 0 Å². The largest absolute Gasteiger partial charge is 0.493 e. The van der Waals surface area contributed by atoms with Crippen molar-refractivity contribution in [3.8, 4) is 34.6 Å². The second kappa shape index (κ2) is 16.4. The van der Waals surface area contributed by atoms with E-state index in [9.17, 15) is 0 Å². The summed E-state index contributed by atoms with van der Waals surface area (Å²) in [5.41, 5.74) is 8.54. The van der Waals surface area contributed by atoms with E-state index in [4.69, 9.17) is 36.3 Å². The Kier molecular flexibility index (Phi) is 11.5. The van der Waals surface area contributed by atoms with Gasteiger partial charge in [-0.25, -0.2) is 29.9 Å². The number of rotatable bonds is 6. The Hall–Kier alpha value is -6.43. The molecular formula is C38H47ClN14O4. The van der Waals surface area contributed by atoms with Crippen molar-refractivity contribution in [2.75, 3.05) is 62.4 Å². The summed E-state index contributed by atoms with van der Waals surface area (Å²) < 4.78 is 25.6. The number of methoxy groups -OCH3 is 2. The number of halogens is 1. The number of anilines is 5. The highest BCUT2D eigenvalue weighted by molar-refractivity contribution is 6.28. The first kappa shape index (κ1) is 40.2. The van der Waals surface area contributed by atoms with Gasteiger partial charge < -0.3 is 39.8 Å². The number of imidazole rings is 2. The molecule has 3 N–H and O–H groups in total. The van der Waals surface area contributed by atoms with Gasteiger partial charge in [-0.3, -0.25) is 9.13 Å². The number of hydrogen-bond acceptors (Lipinski definition) is 16. The molecule has 0 spiro atoms. The molecule has 0 unspecified atom stereocenters. The zero-order valence-electron chi connectivity index (χ0n) is 33.6. The molecule has 0 bridgehead atoms. The Morgan fingerprint density at radius 3 is 1.72 bits per heavy atom. The summed E-state index contributed by atoms with van der Waals surface area (Å²) in [6.45, 7) is 13.4. The first-order valence-electron chi connectivity index (χ1n) is 17.8. The predicted octanol–water partition coefficient (Wildman–Crippen LogP) is 5.63. The average Bonchev–Trinajstić information content (AvgIpc) is 3.83. The fourth-order valence-electron chi connectivity index (χ4n) is 5.57. The van der Waals surface area contributed by atoms with Gasteiger partial charge in [0, 0.05) is 38.6 Å². The van der Waals surface area contributed by atoms with Crippen molar-refractivity contribution in [3.63, 3.8) is 0 Å². The third kappa shape index (κ3) is 9.01. The lowest BCUT2D eigenvalue weighted by Crippen LogP contribution is -2.49. The van der Waals surface area contributed by atoms with Crippen LogP contribution < -0.4 is 39.8 Å². The van der Waals surface area contributed by atoms with Crippen LogP contribution in [-0.4, -0.2) is 102 Å². The van der Waals surface area contributed by atoms with Crippen LogP contribution in [0.4, 0.5) is 29.0 Å². The normalized spacial score (nSPS) is 14.6. The number of hydrogen-bond donors (Lipinski definition) is 2. The van der Waals surface area contributed by atoms with Crippen LogP contribution in [0, 0.1) is 13.8 Å². The second-order valence-electron chi connectivity index (χ2n) is 14.5. The van der Waals surface area contributed by atoms with Crippen LogP contribution in [0.1, 0.15) is 39.1 Å². The summed E-state index contributed by atoms with van der Waals surface area (Å²) in [6.07, 6.45) is 13.8. The Balaban J connectivity index is 0.000000159. The molecule has 8 heterocycles. The maximum absolute atomic E-state index is 5.78. The van der Waals surface area contributed by atoms with Gasteiger partial charge in [0.25, 0.3) is 0 Å². The Labute approximate surface area is 336 Å². The topological polar surface area (TPSA) is 194 Å². The summed E-state index contributed by atoms with van der Waals surface area (Å²) in [4.78, 5) is 38.2. The number of aryl methyl sites for hydroxylation is 2. The number of fused-ring (bicyclic) bond motifs is 2. The minimum absolute atomic E-state index is 0.0648. The molecule has 19 heteroatoms. The maximum Gasteiger partial charge on any atom is 0.229 e. The minimum atomic E-state index is -0.145. The molecule has 0 aromatic carbocycles. The maximum atomic E-state index is 5.78. The van der Waals surface area contributed by atoms with E-state index in [0.29, 0.717) is 59.5 Å². The lowest BCUT2D eigenvalue weighted by molar-refractivity contribution is 0.215. The number of ether oxygens (including phenoxy) is 4. The quantitative estimate of drug-likeness (QED) is 0.197. The van der Waals surface area contributed by atoms with Crippen LogP contribution in [0.25, 0.3) is 11.6 Å². The Morgan fingerprint density at radius 1 is 0.684 bits per heavy atom. The molecule has 8 rings (SSSR count). The number of aromatic nitrogens is 10. The van der Waals surface area contributed by atoms with Gasteiger partial charge in [0.15, 0.2) is 46.3 Å². The summed E-state index contributed by atoms with van der Waals surface area (Å²) in [6, 6.07) is 3.59. The summed E-state index contributed by atoms with van der Waals surface area (Å²) in [5.74, 6) is 5.92. The highest BCUT2D eigenvalue weighted by atomic mass is 35.5. The third-order valence-corrected chi connectivity index (χ3v) is 9.53. The standard InChI is InChI=1S/C19H23N7O2.C10H12N4O.C9H12ClN3O/c1-12-9-26(11-22-12)16-14(27-5)6-13(7-20-16)23-18-21-8-15-17(24-18)25(4)19(2,3)10-28-15;1-7-5-14(6-13-7)10-9(15-2)3-8(11)4-12-10;1-9(2)5-14-6-4-11-8(10)12-7(6)13(9)3/h6-9,11H,10H2,1-5H3,(H,21,23,24);3-6H,11H2,1-2H3;4H,5H2,1-3H3. The van der Waals surface area contributed by atoms with Crippen molar-refractivity contribution >= 4 is 40.6 Å². The summed E-state index contributed by atoms with van der Waals surface area (Å²) in [7, 11) is 7.18. The molecule has 2 aliphatic heterocycles. The van der Waals surface area contributed by atoms with Gasteiger partial charge in [-0.15, -0.1) is 0 Å². The van der Waals surface area contributed by atoms with Gasteiger partial charge in [0.05, 0.1) is 72.8 Å². The van der Waals surface area contributed by atoms with Gasteiger partial charge in [-0.05, 0) is 53.1 Å². The summed E-state index contributed by atoms with van der Waals surface area (Å²) in [5, 5.41) is 3.44. The van der Waals surface area contributed by atoms with E-state index in [1.807, 2.05) is 51.0 Å². The molecule has 6 aromatic heterocycles. The SMILES string of the molecule is CN1c2nc(Cl)ncc2OCC1(C)C.COc1cc(N)cnc1-n1cnc(C)c1.COc1cc(Nc2ncc3c(n2)N(C)C(C)(C)CO3)cnc1-n1cnc(C)c1. The number of nitrogens with two attached hydrogens (primary N) is 1. The smallest absolute Gasteiger partial charge is 0.229 e. The van der Waals surface area contributed by atoms with E-state index in [1.165, 1.54) is 0 Å². The molecule has 0 fully saturated rings. The third-order valence-electron chi connectivity index (χ3n) is 9.35. The van der Waals surface area contributed by atoms with Crippen LogP contribution in [0.15, 0.2) is 62.0 Å². The van der Waals surface area contributed by atoms with Crippen LogP contribution in [0.5, 0.6) is 23.0 Å². The molecule has 6 aromatic rings. The van der Waals surface area contributed by atoms with Gasteiger partial charge in [0.1, 0.15) is 25.9 Å². The van der Waals surface area contributed by atoms with Crippen LogP contribution in [-0.2, 0) is 0 Å². The molecule has 0 saturated heterocycles. The second-order valence-corrected chi connectivity index (χ2v) is 14.9. The zero-order chi connectivity index (χ0) is 41.1. The molecule has 0 amide bonds. The van der Waals surface area contributed by atoms with Gasteiger partial charge in [0.2, 0.25) is 11.2 Å². The molecule has 18 nitrogen and oxygen atoms in total. The molecule has 0 aliphatic carbocycles. The van der Waals surface area contributed by atoms with Gasteiger partial charge >= 0.3 is 0 Å². The lowest BCUT2D eigenvalue weighted by Gasteiger charge is -2.40. The molecule has 0 radical (unpaired) electrons. The van der Waals surface area contributed by atoms with E-state index < -0.39 is 0 Å². The van der Waals surface area contributed by atoms with Crippen molar-refractivity contribution in [2.45, 2.75) is 52.6 Å². The first-order chi connectivity index (χ1) is 27.1. The highest BCUT2D eigenvalue weighted by Crippen LogP contribution is 2.37. The predicted molar refractivity (Wildman–Crippen MR) is 218 cm³/mol. The van der Waals surface area contributed by atoms with E-state index in [2.05, 4.69) is 82.7 Å². The summed E-state index contributed by atoms with van der Waals surface area (Å²) >= 11 is 5.73. The monoisotopic (exact) mass is 798 g/mol. The molecule has 300 valence electrons. The fraction of sp³-hybridized carbons (Fsp3) is 0.368. The van der Waals surface area contributed by atoms with E-state index in [0.717, 1.165) is 28.7 Å². The van der Waals surface area contributed by atoms with Crippen molar-refractivity contribution in [2.24, 2.45) is 0 Å². The lowest BCUT2D eigenvalue weighted by atomic mass is 10.0. The minimum Gasteiger partial charge on any atom is -0.493 e. The zero-order valence-corrected chi connectivity index (χ0v) is 34.4. The number of nitrogens with zero attached hydrogens (tertiary/aromatic N) is 12. The molecular weight excluding hydrogens is 752 g/mol.